The van der Waals surface area contributed by atoms with Crippen molar-refractivity contribution in [1.29, 1.82) is 0 Å². The predicted molar refractivity (Wildman–Crippen MR) is 123 cm³/mol. The average molecular weight is 443 g/mol. The van der Waals surface area contributed by atoms with Crippen LogP contribution in [0.2, 0.25) is 0 Å². The van der Waals surface area contributed by atoms with Gasteiger partial charge >= 0.3 is 0 Å². The van der Waals surface area contributed by atoms with Gasteiger partial charge in [-0.05, 0) is 23.2 Å². The first kappa shape index (κ1) is 20.9. The summed E-state index contributed by atoms with van der Waals surface area (Å²) in [6.07, 6.45) is -0.915. The van der Waals surface area contributed by atoms with E-state index in [1.165, 1.54) is 6.33 Å². The fourth-order valence-electron chi connectivity index (χ4n) is 4.10. The molecule has 33 heavy (non-hydrogen) atoms. The summed E-state index contributed by atoms with van der Waals surface area (Å²) in [5.74, 6) is 0.600. The van der Waals surface area contributed by atoms with Gasteiger partial charge in [-0.15, -0.1) is 0 Å². The molecule has 0 saturated carbocycles. The number of anilines is 2. The van der Waals surface area contributed by atoms with Crippen molar-refractivity contribution in [2.45, 2.75) is 24.5 Å². The molecule has 3 heterocycles. The maximum Gasteiger partial charge on any atom is 0.164 e. The van der Waals surface area contributed by atoms with Gasteiger partial charge in [0.05, 0.1) is 18.0 Å². The average Bonchev–Trinajstić information content (AvgIpc) is 3.37. The Hall–Kier alpha value is -3.95. The number of benzene rings is 2. The van der Waals surface area contributed by atoms with Gasteiger partial charge in [0.25, 0.3) is 0 Å². The molecule has 10 heteroatoms. The molecule has 10 nitrogen and oxygen atoms in total. The zero-order chi connectivity index (χ0) is 22.8. The van der Waals surface area contributed by atoms with Crippen LogP contribution in [-0.4, -0.2) is 49.6 Å². The first-order valence-electron chi connectivity index (χ1n) is 10.4. The van der Waals surface area contributed by atoms with Crippen LogP contribution in [0.5, 0.6) is 0 Å². The molecule has 0 bridgehead atoms. The molecule has 0 spiro atoms. The van der Waals surface area contributed by atoms with Crippen LogP contribution in [-0.2, 0) is 4.74 Å². The minimum Gasteiger partial charge on any atom is -0.388 e. The monoisotopic (exact) mass is 443 g/mol. The molecule has 1 aliphatic rings. The smallest absolute Gasteiger partial charge is 0.164 e. The van der Waals surface area contributed by atoms with Crippen molar-refractivity contribution < 1.29 is 14.9 Å². The zero-order valence-corrected chi connectivity index (χ0v) is 17.4. The second kappa shape index (κ2) is 8.89. The Bertz CT molecular complexity index is 1310. The number of nitrogens with one attached hydrogen (secondary N) is 1. The SMILES string of the molecule is [N-]=[N+]=NC[C@H]1O[C@@H](n2cc(-c3ccccc3)c3c(Nc4ccccc4)ncnc32)[C@H](O)[C@@H]1O. The number of ether oxygens (including phenoxy) is 1. The number of azide groups is 1. The highest BCUT2D eigenvalue weighted by Crippen LogP contribution is 2.39. The molecule has 4 aromatic rings. The molecule has 0 unspecified atom stereocenters. The number of hydrogen-bond donors (Lipinski definition) is 3. The number of aliphatic hydroxyl groups is 2. The largest absolute Gasteiger partial charge is 0.388 e. The second-order valence-corrected chi connectivity index (χ2v) is 7.69. The van der Waals surface area contributed by atoms with Crippen molar-refractivity contribution in [2.75, 3.05) is 11.9 Å². The Morgan fingerprint density at radius 3 is 2.48 bits per heavy atom. The van der Waals surface area contributed by atoms with E-state index in [9.17, 15) is 10.2 Å². The van der Waals surface area contributed by atoms with E-state index in [-0.39, 0.29) is 6.54 Å². The Morgan fingerprint density at radius 1 is 1.03 bits per heavy atom. The lowest BCUT2D eigenvalue weighted by molar-refractivity contribution is -0.0318. The summed E-state index contributed by atoms with van der Waals surface area (Å²) >= 11 is 0. The lowest BCUT2D eigenvalue weighted by Crippen LogP contribution is -2.32. The molecule has 0 radical (unpaired) electrons. The van der Waals surface area contributed by atoms with Gasteiger partial charge in [0.1, 0.15) is 30.0 Å². The van der Waals surface area contributed by atoms with Gasteiger partial charge in [0.15, 0.2) is 6.23 Å². The summed E-state index contributed by atoms with van der Waals surface area (Å²) < 4.78 is 7.60. The number of para-hydroxylation sites is 1. The molecule has 1 aliphatic heterocycles. The van der Waals surface area contributed by atoms with Crippen LogP contribution < -0.4 is 5.32 Å². The van der Waals surface area contributed by atoms with Crippen molar-refractivity contribution in [2.24, 2.45) is 5.11 Å². The summed E-state index contributed by atoms with van der Waals surface area (Å²) in [7, 11) is 0. The summed E-state index contributed by atoms with van der Waals surface area (Å²) in [6, 6.07) is 19.4. The highest BCUT2D eigenvalue weighted by Gasteiger charge is 2.44. The molecular formula is C23H21N7O3. The maximum atomic E-state index is 10.7. The van der Waals surface area contributed by atoms with E-state index in [2.05, 4.69) is 25.3 Å². The van der Waals surface area contributed by atoms with Crippen LogP contribution in [0.3, 0.4) is 0 Å². The molecule has 4 atom stereocenters. The van der Waals surface area contributed by atoms with Crippen LogP contribution in [0.1, 0.15) is 6.23 Å². The highest BCUT2D eigenvalue weighted by atomic mass is 16.6. The van der Waals surface area contributed by atoms with E-state index in [4.69, 9.17) is 10.3 Å². The fraction of sp³-hybridized carbons (Fsp3) is 0.217. The zero-order valence-electron chi connectivity index (χ0n) is 17.4. The Balaban J connectivity index is 1.65. The third kappa shape index (κ3) is 3.88. The van der Waals surface area contributed by atoms with E-state index >= 15 is 0 Å². The first-order chi connectivity index (χ1) is 16.2. The van der Waals surface area contributed by atoms with Crippen LogP contribution in [0, 0.1) is 0 Å². The third-order valence-electron chi connectivity index (χ3n) is 5.67. The molecular weight excluding hydrogens is 422 g/mol. The van der Waals surface area contributed by atoms with Crippen LogP contribution in [0.4, 0.5) is 11.5 Å². The minimum absolute atomic E-state index is 0.0915. The minimum atomic E-state index is -1.23. The van der Waals surface area contributed by atoms with Gasteiger partial charge in [-0.3, -0.25) is 0 Å². The maximum absolute atomic E-state index is 10.7. The highest BCUT2D eigenvalue weighted by molar-refractivity contribution is 6.02. The van der Waals surface area contributed by atoms with Crippen LogP contribution in [0.15, 0.2) is 78.3 Å². The number of aliphatic hydroxyl groups excluding tert-OH is 2. The van der Waals surface area contributed by atoms with Crippen molar-refractivity contribution in [3.8, 4) is 11.1 Å². The van der Waals surface area contributed by atoms with Gasteiger partial charge in [-0.1, -0.05) is 53.6 Å². The Morgan fingerprint density at radius 2 is 1.76 bits per heavy atom. The lowest BCUT2D eigenvalue weighted by atomic mass is 10.1. The standard InChI is InChI=1S/C23H21N7O3/c24-29-27-11-17-19(31)20(32)23(33-17)30-12-16(14-7-3-1-4-8-14)18-21(25-13-26-22(18)30)28-15-9-5-2-6-10-15/h1-10,12-13,17,19-20,23,31-32H,11H2,(H,25,26,28)/t17-,19-,20-,23-/m1/s1. The summed E-state index contributed by atoms with van der Waals surface area (Å²) in [4.78, 5) is 11.7. The van der Waals surface area contributed by atoms with Crippen LogP contribution >= 0.6 is 0 Å². The van der Waals surface area contributed by atoms with E-state index in [0.717, 1.165) is 22.2 Å². The van der Waals surface area contributed by atoms with Gasteiger partial charge in [-0.2, -0.15) is 0 Å². The van der Waals surface area contributed by atoms with Gasteiger partial charge < -0.3 is 24.8 Å². The molecule has 1 fully saturated rings. The second-order valence-electron chi connectivity index (χ2n) is 7.69. The van der Waals surface area contributed by atoms with Crippen molar-refractivity contribution in [1.82, 2.24) is 14.5 Å². The van der Waals surface area contributed by atoms with E-state index in [1.54, 1.807) is 4.57 Å². The topological polar surface area (TPSA) is 141 Å². The fourth-order valence-corrected chi connectivity index (χ4v) is 4.10. The Kier molecular flexibility index (Phi) is 5.64. The predicted octanol–water partition coefficient (Wildman–Crippen LogP) is 3.77. The van der Waals surface area contributed by atoms with Gasteiger partial charge in [0.2, 0.25) is 0 Å². The van der Waals surface area contributed by atoms with Gasteiger partial charge in [0, 0.05) is 22.4 Å². The number of nitrogens with zero attached hydrogens (tertiary/aromatic N) is 6. The van der Waals surface area contributed by atoms with E-state index < -0.39 is 24.5 Å². The van der Waals surface area contributed by atoms with Crippen molar-refractivity contribution in [3.05, 3.63) is 83.6 Å². The molecule has 3 N–H and O–H groups in total. The summed E-state index contributed by atoms with van der Waals surface area (Å²) in [6.45, 7) is -0.0915. The van der Waals surface area contributed by atoms with Gasteiger partial charge in [-0.25, -0.2) is 9.97 Å². The first-order valence-corrected chi connectivity index (χ1v) is 10.4. The van der Waals surface area contributed by atoms with Crippen molar-refractivity contribution in [3.63, 3.8) is 0 Å². The normalized spacial score (nSPS) is 22.2. The molecule has 0 aliphatic carbocycles. The molecule has 2 aromatic carbocycles. The molecule has 5 rings (SSSR count). The van der Waals surface area contributed by atoms with E-state index in [0.29, 0.717) is 11.5 Å². The molecule has 166 valence electrons. The molecule has 0 amide bonds. The quantitative estimate of drug-likeness (QED) is 0.235. The lowest BCUT2D eigenvalue weighted by Gasteiger charge is -2.17. The Labute approximate surface area is 188 Å². The summed E-state index contributed by atoms with van der Waals surface area (Å²) in [5.41, 5.74) is 11.8. The third-order valence-corrected chi connectivity index (χ3v) is 5.67. The van der Waals surface area contributed by atoms with E-state index in [1.807, 2.05) is 66.9 Å². The molecule has 2 aromatic heterocycles. The van der Waals surface area contributed by atoms with Crippen LogP contribution in [0.25, 0.3) is 32.6 Å². The van der Waals surface area contributed by atoms with Crippen molar-refractivity contribution >= 4 is 22.5 Å². The molecule has 1 saturated heterocycles. The number of aromatic nitrogens is 3. The number of hydrogen-bond acceptors (Lipinski definition) is 7. The number of fused-ring (bicyclic) bond motifs is 1. The summed E-state index contributed by atoms with van der Waals surface area (Å²) in [5, 5.41) is 28.8. The number of rotatable bonds is 6.